The smallest absolute Gasteiger partial charge is 0.368 e. The number of aromatic amines is 1. The molecule has 3 heterocycles. The lowest BCUT2D eigenvalue weighted by atomic mass is 10.2. The number of carbonyl (C=O) groups excluding carboxylic acids is 1. The second-order valence-electron chi connectivity index (χ2n) is 8.37. The molecule has 5 rings (SSSR count). The lowest BCUT2D eigenvalue weighted by molar-refractivity contribution is -0.137. The normalized spacial score (nSPS) is 23.3. The molecule has 6 nitrogen and oxygen atoms in total. The lowest BCUT2D eigenvalue weighted by Crippen LogP contribution is -2.37. The minimum atomic E-state index is -4.42. The van der Waals surface area contributed by atoms with Gasteiger partial charge in [-0.2, -0.15) is 13.2 Å². The van der Waals surface area contributed by atoms with E-state index in [0.717, 1.165) is 35.5 Å². The second-order valence-corrected chi connectivity index (χ2v) is 8.37. The quantitative estimate of drug-likeness (QED) is 0.646. The van der Waals surface area contributed by atoms with Crippen LogP contribution in [0.5, 0.6) is 0 Å². The number of carbonyl (C=O) groups is 1. The topological polar surface area (TPSA) is 73.9 Å². The summed E-state index contributed by atoms with van der Waals surface area (Å²) in [6.45, 7) is 1.06. The summed E-state index contributed by atoms with van der Waals surface area (Å²) < 4.78 is 38.8. The third kappa shape index (κ3) is 4.22. The summed E-state index contributed by atoms with van der Waals surface area (Å²) in [5.74, 6) is 1.46. The first-order valence-corrected chi connectivity index (χ1v) is 10.4. The summed E-state index contributed by atoms with van der Waals surface area (Å²) in [7, 11) is 0. The molecule has 31 heavy (non-hydrogen) atoms. The van der Waals surface area contributed by atoms with Crippen LogP contribution in [0.15, 0.2) is 42.7 Å². The Hall–Kier alpha value is -3.10. The number of benzene rings is 1. The van der Waals surface area contributed by atoms with Crippen molar-refractivity contribution in [2.24, 2.45) is 5.92 Å². The summed E-state index contributed by atoms with van der Waals surface area (Å²) in [5, 5.41) is 3.04. The van der Waals surface area contributed by atoms with Gasteiger partial charge in [-0.25, -0.2) is 4.98 Å². The van der Waals surface area contributed by atoms with E-state index in [1.165, 1.54) is 6.20 Å². The van der Waals surface area contributed by atoms with Crippen molar-refractivity contribution in [2.75, 3.05) is 18.0 Å². The molecule has 1 saturated carbocycles. The fourth-order valence-corrected chi connectivity index (χ4v) is 4.35. The van der Waals surface area contributed by atoms with Gasteiger partial charge < -0.3 is 15.2 Å². The summed E-state index contributed by atoms with van der Waals surface area (Å²) >= 11 is 0. The molecule has 1 aromatic carbocycles. The molecule has 1 aliphatic carbocycles. The number of amides is 1. The van der Waals surface area contributed by atoms with Crippen LogP contribution in [0.25, 0.3) is 11.0 Å². The third-order valence-electron chi connectivity index (χ3n) is 6.10. The number of nitrogens with zero attached hydrogens (tertiary/aromatic N) is 3. The van der Waals surface area contributed by atoms with Crippen molar-refractivity contribution < 1.29 is 18.0 Å². The fourth-order valence-electron chi connectivity index (χ4n) is 4.35. The van der Waals surface area contributed by atoms with Crippen LogP contribution < -0.4 is 10.2 Å². The zero-order valence-corrected chi connectivity index (χ0v) is 16.7. The first kappa shape index (κ1) is 19.8. The van der Waals surface area contributed by atoms with Gasteiger partial charge in [-0.1, -0.05) is 12.1 Å². The predicted octanol–water partition coefficient (Wildman–Crippen LogP) is 3.87. The Morgan fingerprint density at radius 1 is 1.26 bits per heavy atom. The van der Waals surface area contributed by atoms with Crippen LogP contribution >= 0.6 is 0 Å². The number of alkyl halides is 3. The maximum atomic E-state index is 12.9. The van der Waals surface area contributed by atoms with Crippen LogP contribution in [-0.2, 0) is 11.0 Å². The molecule has 0 radical (unpaired) electrons. The number of imidazole rings is 1. The minimum absolute atomic E-state index is 0.0161. The van der Waals surface area contributed by atoms with Gasteiger partial charge in [0.2, 0.25) is 5.91 Å². The maximum Gasteiger partial charge on any atom is 0.417 e. The number of nitrogens with one attached hydrogen (secondary N) is 2. The van der Waals surface area contributed by atoms with Gasteiger partial charge in [0.25, 0.3) is 0 Å². The SMILES string of the molecule is O=C(C[C@@H]1C[C@@H]1c1nc2ccccc2[nH]1)N[C@@H]1CCN(c2cncc(C(F)(F)F)c2)C1. The van der Waals surface area contributed by atoms with Gasteiger partial charge in [0.05, 0.1) is 28.5 Å². The Morgan fingerprint density at radius 2 is 2.10 bits per heavy atom. The lowest BCUT2D eigenvalue weighted by Gasteiger charge is -2.20. The number of aromatic nitrogens is 3. The number of H-pyrrole nitrogens is 1. The van der Waals surface area contributed by atoms with Gasteiger partial charge >= 0.3 is 6.18 Å². The van der Waals surface area contributed by atoms with E-state index in [2.05, 4.69) is 20.3 Å². The van der Waals surface area contributed by atoms with E-state index >= 15 is 0 Å². The Labute approximate surface area is 176 Å². The van der Waals surface area contributed by atoms with E-state index in [4.69, 9.17) is 0 Å². The molecule has 0 spiro atoms. The van der Waals surface area contributed by atoms with E-state index in [9.17, 15) is 18.0 Å². The van der Waals surface area contributed by atoms with Crippen LogP contribution in [-0.4, -0.2) is 40.0 Å². The fraction of sp³-hybridized carbons (Fsp3) is 0.409. The number of rotatable bonds is 5. The van der Waals surface area contributed by atoms with E-state index in [1.807, 2.05) is 29.2 Å². The zero-order valence-electron chi connectivity index (χ0n) is 16.7. The van der Waals surface area contributed by atoms with Crippen molar-refractivity contribution >= 4 is 22.6 Å². The monoisotopic (exact) mass is 429 g/mol. The van der Waals surface area contributed by atoms with Crippen LogP contribution in [0.2, 0.25) is 0 Å². The number of para-hydroxylation sites is 2. The predicted molar refractivity (Wildman–Crippen MR) is 110 cm³/mol. The molecule has 2 aromatic heterocycles. The van der Waals surface area contributed by atoms with Gasteiger partial charge in [0.15, 0.2) is 0 Å². The van der Waals surface area contributed by atoms with E-state index < -0.39 is 11.7 Å². The van der Waals surface area contributed by atoms with Crippen LogP contribution in [0.4, 0.5) is 18.9 Å². The Morgan fingerprint density at radius 3 is 2.90 bits per heavy atom. The molecule has 0 unspecified atom stereocenters. The molecule has 2 N–H and O–H groups in total. The van der Waals surface area contributed by atoms with Gasteiger partial charge in [-0.3, -0.25) is 9.78 Å². The Kier molecular flexibility index (Phi) is 4.83. The molecule has 2 fully saturated rings. The summed E-state index contributed by atoms with van der Waals surface area (Å²) in [6.07, 6.45) is -0.103. The molecule has 3 atom stereocenters. The number of fused-ring (bicyclic) bond motifs is 1. The summed E-state index contributed by atoms with van der Waals surface area (Å²) in [4.78, 5) is 26.0. The Bertz CT molecular complexity index is 1080. The van der Waals surface area contributed by atoms with E-state index in [-0.39, 0.29) is 23.8 Å². The molecular weight excluding hydrogens is 407 g/mol. The molecular formula is C22H22F3N5O. The standard InChI is InChI=1S/C22H22F3N5O/c23-22(24,25)14-9-16(11-26-10-14)30-6-5-15(12-30)27-20(31)8-13-7-17(13)21-28-18-3-1-2-4-19(18)29-21/h1-4,9-11,13,15,17H,5-8,12H2,(H,27,31)(H,28,29)/t13-,15+,17-/m0/s1. The minimum Gasteiger partial charge on any atom is -0.368 e. The van der Waals surface area contributed by atoms with Gasteiger partial charge in [-0.15, -0.1) is 0 Å². The van der Waals surface area contributed by atoms with Crippen LogP contribution in [0, 0.1) is 5.92 Å². The number of halogens is 3. The second kappa shape index (κ2) is 7.55. The molecule has 1 saturated heterocycles. The van der Waals surface area contributed by atoms with Crippen molar-refractivity contribution in [2.45, 2.75) is 37.4 Å². The molecule has 1 amide bonds. The highest BCUT2D eigenvalue weighted by molar-refractivity contribution is 5.78. The van der Waals surface area contributed by atoms with Gasteiger partial charge in [0, 0.05) is 37.7 Å². The number of anilines is 1. The molecule has 0 bridgehead atoms. The Balaban J connectivity index is 1.14. The molecule has 2 aliphatic rings. The highest BCUT2D eigenvalue weighted by Gasteiger charge is 2.42. The van der Waals surface area contributed by atoms with Gasteiger partial charge in [0.1, 0.15) is 5.82 Å². The van der Waals surface area contributed by atoms with Crippen molar-refractivity contribution in [3.63, 3.8) is 0 Å². The summed E-state index contributed by atoms with van der Waals surface area (Å²) in [6, 6.07) is 8.89. The average Bonchev–Trinajstić information content (AvgIpc) is 3.14. The van der Waals surface area contributed by atoms with E-state index in [1.54, 1.807) is 0 Å². The van der Waals surface area contributed by atoms with Gasteiger partial charge in [-0.05, 0) is 37.0 Å². The number of hydrogen-bond acceptors (Lipinski definition) is 4. The number of pyridine rings is 1. The molecule has 3 aromatic rings. The largest absolute Gasteiger partial charge is 0.417 e. The van der Waals surface area contributed by atoms with Crippen LogP contribution in [0.1, 0.15) is 36.6 Å². The summed E-state index contributed by atoms with van der Waals surface area (Å²) in [5.41, 5.74) is 1.60. The first-order valence-electron chi connectivity index (χ1n) is 10.4. The highest BCUT2D eigenvalue weighted by atomic mass is 19.4. The third-order valence-corrected chi connectivity index (χ3v) is 6.10. The average molecular weight is 429 g/mol. The van der Waals surface area contributed by atoms with Crippen molar-refractivity contribution in [3.8, 4) is 0 Å². The van der Waals surface area contributed by atoms with Crippen molar-refractivity contribution in [1.82, 2.24) is 20.3 Å². The van der Waals surface area contributed by atoms with E-state index in [0.29, 0.717) is 31.6 Å². The molecule has 162 valence electrons. The highest BCUT2D eigenvalue weighted by Crippen LogP contribution is 2.48. The van der Waals surface area contributed by atoms with Crippen LogP contribution in [0.3, 0.4) is 0 Å². The van der Waals surface area contributed by atoms with Crippen molar-refractivity contribution in [3.05, 3.63) is 54.1 Å². The maximum absolute atomic E-state index is 12.9. The number of hydrogen-bond donors (Lipinski definition) is 2. The zero-order chi connectivity index (χ0) is 21.6. The van der Waals surface area contributed by atoms with Crippen molar-refractivity contribution in [1.29, 1.82) is 0 Å². The molecule has 9 heteroatoms. The molecule has 1 aliphatic heterocycles. The first-order chi connectivity index (χ1) is 14.9.